The van der Waals surface area contributed by atoms with Crippen molar-refractivity contribution in [2.45, 2.75) is 6.42 Å². The number of hydrogen-bond acceptors (Lipinski definition) is 1. The Morgan fingerprint density at radius 3 is 2.30 bits per heavy atom. The predicted molar refractivity (Wildman–Crippen MR) is 48.5 cm³/mol. The fourth-order valence-corrected chi connectivity index (χ4v) is 1.04. The average molecular weight is 153 g/mol. The molecule has 0 aromatic heterocycles. The average Bonchev–Trinajstić information content (AvgIpc) is 1.95. The predicted octanol–water partition coefficient (Wildman–Crippen LogP) is 0.688. The van der Waals surface area contributed by atoms with E-state index in [9.17, 15) is 0 Å². The summed E-state index contributed by atoms with van der Waals surface area (Å²) >= 11 is 0. The zero-order chi connectivity index (χ0) is 7.40. The molecule has 2 heteroatoms. The SMILES string of the molecule is NCCc1ccc(P)cc1. The molecule has 1 nitrogen and oxygen atoms in total. The van der Waals surface area contributed by atoms with Crippen LogP contribution in [0.2, 0.25) is 0 Å². The maximum atomic E-state index is 5.39. The first-order valence-electron chi connectivity index (χ1n) is 3.37. The van der Waals surface area contributed by atoms with E-state index in [0.29, 0.717) is 0 Å². The fraction of sp³-hybridized carbons (Fsp3) is 0.250. The lowest BCUT2D eigenvalue weighted by atomic mass is 10.2. The Hall–Kier alpha value is -0.390. The van der Waals surface area contributed by atoms with Crippen molar-refractivity contribution in [3.63, 3.8) is 0 Å². The van der Waals surface area contributed by atoms with Gasteiger partial charge in [-0.15, -0.1) is 9.24 Å². The molecule has 0 saturated carbocycles. The van der Waals surface area contributed by atoms with Gasteiger partial charge >= 0.3 is 0 Å². The molecule has 0 aliphatic heterocycles. The quantitative estimate of drug-likeness (QED) is 0.621. The van der Waals surface area contributed by atoms with Gasteiger partial charge in [0, 0.05) is 0 Å². The third kappa shape index (κ3) is 2.09. The zero-order valence-electron chi connectivity index (χ0n) is 5.88. The molecule has 0 amide bonds. The molecule has 54 valence electrons. The summed E-state index contributed by atoms with van der Waals surface area (Å²) in [4.78, 5) is 0. The Balaban J connectivity index is 2.69. The summed E-state index contributed by atoms with van der Waals surface area (Å²) < 4.78 is 0. The molecule has 0 heterocycles. The lowest BCUT2D eigenvalue weighted by Gasteiger charge is -1.97. The van der Waals surface area contributed by atoms with Gasteiger partial charge in [-0.2, -0.15) is 0 Å². The number of benzene rings is 1. The highest BCUT2D eigenvalue weighted by molar-refractivity contribution is 7.27. The minimum absolute atomic E-state index is 0.732. The standard InChI is InChI=1S/C8H12NP/c9-6-5-7-1-3-8(10)4-2-7/h1-4H,5-6,9-10H2. The van der Waals surface area contributed by atoms with Gasteiger partial charge in [0.05, 0.1) is 0 Å². The summed E-state index contributed by atoms with van der Waals surface area (Å²) in [6.45, 7) is 0.732. The maximum Gasteiger partial charge on any atom is -0.00367 e. The lowest BCUT2D eigenvalue weighted by molar-refractivity contribution is 0.969. The van der Waals surface area contributed by atoms with Crippen molar-refractivity contribution in [2.75, 3.05) is 6.54 Å². The molecule has 1 rings (SSSR count). The zero-order valence-corrected chi connectivity index (χ0v) is 7.03. The van der Waals surface area contributed by atoms with Crippen LogP contribution in [0.3, 0.4) is 0 Å². The van der Waals surface area contributed by atoms with Crippen molar-refractivity contribution in [2.24, 2.45) is 5.73 Å². The lowest BCUT2D eigenvalue weighted by Crippen LogP contribution is -2.03. The fourth-order valence-electron chi connectivity index (χ4n) is 0.851. The van der Waals surface area contributed by atoms with Crippen LogP contribution < -0.4 is 11.0 Å². The van der Waals surface area contributed by atoms with Crippen LogP contribution in [0.25, 0.3) is 0 Å². The molecule has 0 aliphatic carbocycles. The highest BCUT2D eigenvalue weighted by Crippen LogP contribution is 1.98. The van der Waals surface area contributed by atoms with Crippen molar-refractivity contribution >= 4 is 14.5 Å². The third-order valence-corrected chi connectivity index (χ3v) is 1.80. The molecule has 0 aliphatic rings. The molecule has 0 spiro atoms. The maximum absolute atomic E-state index is 5.39. The summed E-state index contributed by atoms with van der Waals surface area (Å²) in [5.41, 5.74) is 6.71. The van der Waals surface area contributed by atoms with Crippen LogP contribution in [0.4, 0.5) is 0 Å². The van der Waals surface area contributed by atoms with E-state index in [4.69, 9.17) is 5.73 Å². The van der Waals surface area contributed by atoms with E-state index in [1.165, 1.54) is 10.9 Å². The molecule has 0 saturated heterocycles. The number of nitrogens with two attached hydrogens (primary N) is 1. The molecule has 0 fully saturated rings. The summed E-state index contributed by atoms with van der Waals surface area (Å²) in [6.07, 6.45) is 0.977. The Kier molecular flexibility index (Phi) is 2.85. The molecular formula is C8H12NP. The second kappa shape index (κ2) is 3.70. The minimum atomic E-state index is 0.732. The largest absolute Gasteiger partial charge is 0.330 e. The van der Waals surface area contributed by atoms with E-state index < -0.39 is 0 Å². The Morgan fingerprint density at radius 2 is 1.80 bits per heavy atom. The van der Waals surface area contributed by atoms with E-state index in [1.807, 2.05) is 0 Å². The van der Waals surface area contributed by atoms with Crippen molar-refractivity contribution in [1.82, 2.24) is 0 Å². The van der Waals surface area contributed by atoms with E-state index >= 15 is 0 Å². The smallest absolute Gasteiger partial charge is 0.00367 e. The molecule has 1 aromatic rings. The summed E-state index contributed by atoms with van der Waals surface area (Å²) in [5.74, 6) is 0. The van der Waals surface area contributed by atoms with Crippen LogP contribution in [0.1, 0.15) is 5.56 Å². The molecular weight excluding hydrogens is 141 g/mol. The first-order valence-corrected chi connectivity index (χ1v) is 3.95. The van der Waals surface area contributed by atoms with Gasteiger partial charge in [0.2, 0.25) is 0 Å². The Labute approximate surface area is 63.8 Å². The molecule has 2 N–H and O–H groups in total. The third-order valence-electron chi connectivity index (χ3n) is 1.41. The second-order valence-corrected chi connectivity index (χ2v) is 2.95. The van der Waals surface area contributed by atoms with Gasteiger partial charge in [-0.3, -0.25) is 0 Å². The molecule has 1 atom stereocenters. The normalized spacial score (nSPS) is 9.80. The van der Waals surface area contributed by atoms with E-state index in [1.54, 1.807) is 0 Å². The highest BCUT2D eigenvalue weighted by atomic mass is 31.0. The van der Waals surface area contributed by atoms with Gasteiger partial charge in [-0.25, -0.2) is 0 Å². The van der Waals surface area contributed by atoms with Crippen LogP contribution in [-0.2, 0) is 6.42 Å². The highest BCUT2D eigenvalue weighted by Gasteiger charge is 1.88. The minimum Gasteiger partial charge on any atom is -0.330 e. The second-order valence-electron chi connectivity index (χ2n) is 2.28. The summed E-state index contributed by atoms with van der Waals surface area (Å²) in [5, 5.41) is 1.22. The Bertz CT molecular complexity index is 193. The van der Waals surface area contributed by atoms with Crippen molar-refractivity contribution in [1.29, 1.82) is 0 Å². The van der Waals surface area contributed by atoms with Gasteiger partial charge in [0.15, 0.2) is 0 Å². The molecule has 0 bridgehead atoms. The van der Waals surface area contributed by atoms with Crippen molar-refractivity contribution < 1.29 is 0 Å². The number of hydrogen-bond donors (Lipinski definition) is 1. The van der Waals surface area contributed by atoms with Gasteiger partial charge in [-0.1, -0.05) is 24.3 Å². The van der Waals surface area contributed by atoms with Crippen LogP contribution in [0.5, 0.6) is 0 Å². The molecule has 1 unspecified atom stereocenters. The van der Waals surface area contributed by atoms with Crippen LogP contribution in [0, 0.1) is 0 Å². The van der Waals surface area contributed by atoms with Gasteiger partial charge in [0.25, 0.3) is 0 Å². The van der Waals surface area contributed by atoms with E-state index in [2.05, 4.69) is 33.5 Å². The monoisotopic (exact) mass is 153 g/mol. The van der Waals surface area contributed by atoms with Gasteiger partial charge in [-0.05, 0) is 23.8 Å². The van der Waals surface area contributed by atoms with Crippen LogP contribution >= 0.6 is 9.24 Å². The summed E-state index contributed by atoms with van der Waals surface area (Å²) in [7, 11) is 2.66. The van der Waals surface area contributed by atoms with Crippen molar-refractivity contribution in [3.05, 3.63) is 29.8 Å². The number of rotatable bonds is 2. The molecule has 10 heavy (non-hydrogen) atoms. The van der Waals surface area contributed by atoms with E-state index in [-0.39, 0.29) is 0 Å². The first kappa shape index (κ1) is 7.71. The van der Waals surface area contributed by atoms with Crippen LogP contribution in [-0.4, -0.2) is 6.54 Å². The van der Waals surface area contributed by atoms with Crippen LogP contribution in [0.15, 0.2) is 24.3 Å². The van der Waals surface area contributed by atoms with E-state index in [0.717, 1.165) is 13.0 Å². The Morgan fingerprint density at radius 1 is 1.20 bits per heavy atom. The van der Waals surface area contributed by atoms with Gasteiger partial charge in [0.1, 0.15) is 0 Å². The van der Waals surface area contributed by atoms with Gasteiger partial charge < -0.3 is 5.73 Å². The molecule has 0 radical (unpaired) electrons. The molecule has 1 aromatic carbocycles. The summed E-state index contributed by atoms with van der Waals surface area (Å²) in [6, 6.07) is 8.37. The van der Waals surface area contributed by atoms with Crippen molar-refractivity contribution in [3.8, 4) is 0 Å². The first-order chi connectivity index (χ1) is 4.83. The topological polar surface area (TPSA) is 26.0 Å².